The van der Waals surface area contributed by atoms with Crippen molar-refractivity contribution < 1.29 is 18.8 Å². The molecule has 1 atom stereocenters. The Morgan fingerprint density at radius 3 is 2.46 bits per heavy atom. The van der Waals surface area contributed by atoms with Gasteiger partial charge >= 0.3 is 6.03 Å². The Bertz CT molecular complexity index is 856. The molecular formula is C18H17FN4O3. The quantitative estimate of drug-likeness (QED) is 0.806. The van der Waals surface area contributed by atoms with Crippen molar-refractivity contribution in [1.29, 1.82) is 0 Å². The van der Waals surface area contributed by atoms with Crippen LogP contribution in [0.3, 0.4) is 0 Å². The number of benzene rings is 1. The van der Waals surface area contributed by atoms with Gasteiger partial charge in [0.05, 0.1) is 17.0 Å². The number of hydrogen-bond acceptors (Lipinski definition) is 4. The molecule has 1 fully saturated rings. The molecule has 4 rings (SSSR count). The summed E-state index contributed by atoms with van der Waals surface area (Å²) in [6, 6.07) is 3.44. The third-order valence-electron chi connectivity index (χ3n) is 4.85. The number of carbonyl (C=O) groups excluding carboxylic acids is 3. The molecule has 0 aliphatic carbocycles. The van der Waals surface area contributed by atoms with Crippen LogP contribution in [0, 0.1) is 5.82 Å². The van der Waals surface area contributed by atoms with E-state index in [9.17, 15) is 18.8 Å². The Kier molecular flexibility index (Phi) is 3.82. The van der Waals surface area contributed by atoms with E-state index in [-0.39, 0.29) is 17.3 Å². The van der Waals surface area contributed by atoms with Gasteiger partial charge in [0.25, 0.3) is 11.8 Å². The van der Waals surface area contributed by atoms with Crippen molar-refractivity contribution in [2.24, 2.45) is 4.99 Å². The Labute approximate surface area is 149 Å². The number of anilines is 1. The predicted molar refractivity (Wildman–Crippen MR) is 92.2 cm³/mol. The fourth-order valence-electron chi connectivity index (χ4n) is 3.55. The molecule has 0 saturated carbocycles. The first-order valence-electron chi connectivity index (χ1n) is 8.43. The summed E-state index contributed by atoms with van der Waals surface area (Å²) in [7, 11) is 1.67. The van der Waals surface area contributed by atoms with Crippen LogP contribution in [-0.2, 0) is 9.59 Å². The zero-order chi connectivity index (χ0) is 18.4. The van der Waals surface area contributed by atoms with E-state index in [1.165, 1.54) is 24.3 Å². The number of amides is 4. The van der Waals surface area contributed by atoms with Crippen LogP contribution in [0.2, 0.25) is 0 Å². The summed E-state index contributed by atoms with van der Waals surface area (Å²) in [6.07, 6.45) is 3.46. The highest BCUT2D eigenvalue weighted by molar-refractivity contribution is 6.39. The molecule has 3 aliphatic rings. The average molecular weight is 356 g/mol. The molecule has 0 N–H and O–H groups in total. The van der Waals surface area contributed by atoms with Crippen LogP contribution in [0.25, 0.3) is 0 Å². The molecule has 1 unspecified atom stereocenters. The monoisotopic (exact) mass is 356 g/mol. The van der Waals surface area contributed by atoms with E-state index in [4.69, 9.17) is 0 Å². The lowest BCUT2D eigenvalue weighted by molar-refractivity contribution is -0.125. The minimum atomic E-state index is -0.834. The first-order valence-corrected chi connectivity index (χ1v) is 8.43. The van der Waals surface area contributed by atoms with Crippen LogP contribution < -0.4 is 4.90 Å². The third-order valence-corrected chi connectivity index (χ3v) is 4.85. The van der Waals surface area contributed by atoms with Crippen molar-refractivity contribution in [1.82, 2.24) is 9.80 Å². The number of likely N-dealkylation sites (N-methyl/N-ethyl adjacent to an activating group) is 1. The lowest BCUT2D eigenvalue weighted by Crippen LogP contribution is -2.54. The second kappa shape index (κ2) is 6.05. The largest absolute Gasteiger partial charge is 0.363 e. The normalized spacial score (nSPS) is 22.5. The van der Waals surface area contributed by atoms with Gasteiger partial charge in [-0.25, -0.2) is 14.1 Å². The van der Waals surface area contributed by atoms with E-state index in [1.54, 1.807) is 23.0 Å². The molecule has 26 heavy (non-hydrogen) atoms. The fourth-order valence-corrected chi connectivity index (χ4v) is 3.55. The Morgan fingerprint density at radius 2 is 1.81 bits per heavy atom. The molecule has 0 bridgehead atoms. The summed E-state index contributed by atoms with van der Waals surface area (Å²) in [5.74, 6) is -1.17. The fraction of sp³-hybridized carbons (Fsp3) is 0.333. The van der Waals surface area contributed by atoms with Gasteiger partial charge in [-0.3, -0.25) is 9.59 Å². The summed E-state index contributed by atoms with van der Waals surface area (Å²) in [5, 5.41) is 0. The number of imide groups is 1. The molecule has 8 heteroatoms. The van der Waals surface area contributed by atoms with E-state index in [0.717, 1.165) is 17.7 Å². The van der Waals surface area contributed by atoms with Gasteiger partial charge in [0.2, 0.25) is 0 Å². The van der Waals surface area contributed by atoms with Gasteiger partial charge in [-0.15, -0.1) is 0 Å². The highest BCUT2D eigenvalue weighted by Gasteiger charge is 2.46. The number of aliphatic imine (C=N–C) groups is 1. The Morgan fingerprint density at radius 1 is 1.15 bits per heavy atom. The van der Waals surface area contributed by atoms with Crippen LogP contribution in [0.15, 0.2) is 41.0 Å². The van der Waals surface area contributed by atoms with Crippen molar-refractivity contribution in [3.05, 3.63) is 41.9 Å². The van der Waals surface area contributed by atoms with Gasteiger partial charge in [0.1, 0.15) is 5.82 Å². The van der Waals surface area contributed by atoms with E-state index in [2.05, 4.69) is 4.99 Å². The number of urea groups is 1. The van der Waals surface area contributed by atoms with E-state index < -0.39 is 23.8 Å². The number of rotatable bonds is 2. The maximum atomic E-state index is 13.1. The zero-order valence-electron chi connectivity index (χ0n) is 14.2. The molecule has 4 amide bonds. The topological polar surface area (TPSA) is 73.3 Å². The number of nitrogens with zero attached hydrogens (tertiary/aromatic N) is 4. The van der Waals surface area contributed by atoms with Crippen molar-refractivity contribution in [2.45, 2.75) is 18.9 Å². The van der Waals surface area contributed by atoms with Crippen molar-refractivity contribution >= 4 is 29.2 Å². The predicted octanol–water partition coefficient (Wildman–Crippen LogP) is 1.55. The van der Waals surface area contributed by atoms with Gasteiger partial charge in [-0.1, -0.05) is 0 Å². The number of fused-ring (bicyclic) bond motifs is 1. The average Bonchev–Trinajstić information content (AvgIpc) is 3.24. The van der Waals surface area contributed by atoms with Crippen LogP contribution in [0.1, 0.15) is 12.8 Å². The molecule has 1 aromatic carbocycles. The third kappa shape index (κ3) is 2.49. The molecule has 3 heterocycles. The second-order valence-corrected chi connectivity index (χ2v) is 6.54. The van der Waals surface area contributed by atoms with Crippen LogP contribution in [-0.4, -0.2) is 59.5 Å². The van der Waals surface area contributed by atoms with E-state index in [0.29, 0.717) is 18.7 Å². The molecule has 0 spiro atoms. The first-order chi connectivity index (χ1) is 12.5. The van der Waals surface area contributed by atoms with Gasteiger partial charge in [0, 0.05) is 26.3 Å². The van der Waals surface area contributed by atoms with Gasteiger partial charge in [-0.2, -0.15) is 4.99 Å². The van der Waals surface area contributed by atoms with Crippen LogP contribution in [0.4, 0.5) is 14.9 Å². The number of likely N-dealkylation sites (tertiary alicyclic amines) is 1. The van der Waals surface area contributed by atoms with E-state index in [1.807, 2.05) is 0 Å². The summed E-state index contributed by atoms with van der Waals surface area (Å²) in [6.45, 7) is 1.34. The van der Waals surface area contributed by atoms with Crippen molar-refractivity contribution in [2.75, 3.05) is 25.0 Å². The Balaban J connectivity index is 1.68. The number of carbonyl (C=O) groups is 3. The molecule has 3 aliphatic heterocycles. The molecule has 1 aromatic rings. The van der Waals surface area contributed by atoms with Crippen LogP contribution >= 0.6 is 0 Å². The van der Waals surface area contributed by atoms with Gasteiger partial charge < -0.3 is 9.80 Å². The SMILES string of the molecule is CN1C=C(C(=O)N2CCCC2)C2=NC(=O)N(c3ccc(F)cc3)C(=O)C21. The summed E-state index contributed by atoms with van der Waals surface area (Å²) < 4.78 is 13.1. The number of halogens is 1. The van der Waals surface area contributed by atoms with Crippen molar-refractivity contribution in [3.8, 4) is 0 Å². The Hall–Kier alpha value is -3.03. The highest BCUT2D eigenvalue weighted by Crippen LogP contribution is 2.29. The molecule has 0 radical (unpaired) electrons. The first kappa shape index (κ1) is 16.4. The zero-order valence-corrected chi connectivity index (χ0v) is 14.2. The molecule has 134 valence electrons. The van der Waals surface area contributed by atoms with Crippen molar-refractivity contribution in [3.63, 3.8) is 0 Å². The second-order valence-electron chi connectivity index (χ2n) is 6.54. The minimum absolute atomic E-state index is 0.192. The molecule has 0 aromatic heterocycles. The summed E-state index contributed by atoms with van der Waals surface area (Å²) in [4.78, 5) is 46.4. The van der Waals surface area contributed by atoms with Gasteiger partial charge in [0.15, 0.2) is 6.04 Å². The highest BCUT2D eigenvalue weighted by atomic mass is 19.1. The van der Waals surface area contributed by atoms with Crippen LogP contribution in [0.5, 0.6) is 0 Å². The maximum absolute atomic E-state index is 13.1. The number of hydrogen-bond donors (Lipinski definition) is 0. The smallest absolute Gasteiger partial charge is 0.355 e. The molecular weight excluding hydrogens is 339 g/mol. The summed E-state index contributed by atoms with van der Waals surface area (Å²) >= 11 is 0. The summed E-state index contributed by atoms with van der Waals surface area (Å²) in [5.41, 5.74) is 0.731. The minimum Gasteiger partial charge on any atom is -0.363 e. The van der Waals surface area contributed by atoms with E-state index >= 15 is 0 Å². The van der Waals surface area contributed by atoms with Gasteiger partial charge in [-0.05, 0) is 37.1 Å². The maximum Gasteiger partial charge on any atom is 0.355 e. The molecule has 7 nitrogen and oxygen atoms in total. The standard InChI is InChI=1S/C18H17FN4O3/c1-21-10-13(16(24)22-8-2-3-9-22)14-15(21)17(25)23(18(26)20-14)12-6-4-11(19)5-7-12/h4-7,10,15H,2-3,8-9H2,1H3. The molecule has 1 saturated heterocycles. The lowest BCUT2D eigenvalue weighted by Gasteiger charge is -2.30. The lowest BCUT2D eigenvalue weighted by atomic mass is 10.0.